The van der Waals surface area contributed by atoms with Crippen LogP contribution in [0.2, 0.25) is 0 Å². The van der Waals surface area contributed by atoms with Gasteiger partial charge in [-0.3, -0.25) is 14.3 Å². The topological polar surface area (TPSA) is 93.8 Å². The van der Waals surface area contributed by atoms with E-state index in [1.165, 1.54) is 0 Å². The Hall–Kier alpha value is -2.74. The number of carbonyl (C=O) groups is 1. The van der Waals surface area contributed by atoms with E-state index >= 15 is 0 Å². The van der Waals surface area contributed by atoms with Crippen molar-refractivity contribution in [3.05, 3.63) is 48.9 Å². The van der Waals surface area contributed by atoms with Crippen LogP contribution in [0.1, 0.15) is 0 Å². The van der Waals surface area contributed by atoms with Crippen LogP contribution in [0.4, 0.5) is 0 Å². The molecule has 0 radical (unpaired) electrons. The number of hydrogen-bond acceptors (Lipinski definition) is 6. The van der Waals surface area contributed by atoms with Gasteiger partial charge in [0.05, 0.1) is 11.9 Å². The maximum Gasteiger partial charge on any atom is 0.313 e. The Labute approximate surface area is 130 Å². The van der Waals surface area contributed by atoms with Crippen molar-refractivity contribution in [1.29, 1.82) is 0 Å². The minimum absolute atomic E-state index is 0.0918. The zero-order chi connectivity index (χ0) is 15.4. The molecule has 2 aromatic heterocycles. The van der Waals surface area contributed by atoms with Gasteiger partial charge in [-0.1, -0.05) is 30.0 Å². The predicted octanol–water partition coefficient (Wildman–Crippen LogP) is 1.90. The number of nitrogens with zero attached hydrogens (tertiary/aromatic N) is 5. The fraction of sp³-hybridized carbons (Fsp3) is 0.0714. The normalized spacial score (nSPS) is 10.5. The molecule has 0 amide bonds. The Morgan fingerprint density at radius 2 is 2.00 bits per heavy atom. The molecule has 0 aliphatic heterocycles. The first-order chi connectivity index (χ1) is 10.8. The van der Waals surface area contributed by atoms with Gasteiger partial charge in [0.1, 0.15) is 5.69 Å². The third-order valence-corrected chi connectivity index (χ3v) is 3.68. The third-order valence-electron chi connectivity index (χ3n) is 2.76. The maximum absolute atomic E-state index is 10.8. The monoisotopic (exact) mass is 313 g/mol. The Balaban J connectivity index is 2.09. The summed E-state index contributed by atoms with van der Waals surface area (Å²) < 4.78 is 1.78. The Morgan fingerprint density at radius 1 is 1.18 bits per heavy atom. The van der Waals surface area contributed by atoms with Crippen molar-refractivity contribution in [1.82, 2.24) is 24.7 Å². The molecule has 3 rings (SSSR count). The lowest BCUT2D eigenvalue weighted by Crippen LogP contribution is -2.03. The summed E-state index contributed by atoms with van der Waals surface area (Å²) in [6.45, 7) is 0. The summed E-state index contributed by atoms with van der Waals surface area (Å²) in [6, 6.07) is 9.48. The van der Waals surface area contributed by atoms with Crippen molar-refractivity contribution in [3.8, 4) is 17.2 Å². The average Bonchev–Trinajstić information content (AvgIpc) is 2.98. The van der Waals surface area contributed by atoms with Gasteiger partial charge in [0, 0.05) is 18.1 Å². The molecule has 0 saturated carbocycles. The Bertz CT molecular complexity index is 776. The Morgan fingerprint density at radius 3 is 2.68 bits per heavy atom. The highest BCUT2D eigenvalue weighted by Crippen LogP contribution is 2.26. The average molecular weight is 313 g/mol. The summed E-state index contributed by atoms with van der Waals surface area (Å²) in [5.74, 6) is -0.480. The highest BCUT2D eigenvalue weighted by molar-refractivity contribution is 7.99. The van der Waals surface area contributed by atoms with Crippen molar-refractivity contribution in [3.63, 3.8) is 0 Å². The van der Waals surface area contributed by atoms with Crippen LogP contribution in [0.5, 0.6) is 0 Å². The fourth-order valence-corrected chi connectivity index (χ4v) is 2.55. The van der Waals surface area contributed by atoms with Crippen LogP contribution in [0, 0.1) is 0 Å². The highest BCUT2D eigenvalue weighted by Gasteiger charge is 2.17. The number of benzene rings is 1. The van der Waals surface area contributed by atoms with E-state index in [1.807, 2.05) is 30.3 Å². The molecule has 0 atom stereocenters. The van der Waals surface area contributed by atoms with E-state index in [-0.39, 0.29) is 5.75 Å². The first-order valence-electron chi connectivity index (χ1n) is 6.37. The molecule has 1 aromatic carbocycles. The summed E-state index contributed by atoms with van der Waals surface area (Å²) in [4.78, 5) is 19.1. The number of aliphatic carboxylic acids is 1. The van der Waals surface area contributed by atoms with Crippen molar-refractivity contribution in [2.45, 2.75) is 5.16 Å². The quantitative estimate of drug-likeness (QED) is 0.719. The fourth-order valence-electron chi connectivity index (χ4n) is 1.88. The zero-order valence-corrected chi connectivity index (χ0v) is 12.1. The molecule has 0 saturated heterocycles. The minimum atomic E-state index is -0.909. The van der Waals surface area contributed by atoms with Gasteiger partial charge < -0.3 is 5.11 Å². The molecule has 22 heavy (non-hydrogen) atoms. The summed E-state index contributed by atoms with van der Waals surface area (Å²) in [6.07, 6.45) is 4.74. The van der Waals surface area contributed by atoms with E-state index in [4.69, 9.17) is 5.11 Å². The standard InChI is InChI=1S/C14H11N5O2S/c20-12(21)9-22-14-18-17-13(11-8-15-6-7-16-11)19(14)10-4-2-1-3-5-10/h1-8H,9H2,(H,20,21). The molecule has 0 aliphatic rings. The van der Waals surface area contributed by atoms with Gasteiger partial charge in [-0.05, 0) is 12.1 Å². The smallest absolute Gasteiger partial charge is 0.313 e. The van der Waals surface area contributed by atoms with Crippen molar-refractivity contribution in [2.75, 3.05) is 5.75 Å². The van der Waals surface area contributed by atoms with Gasteiger partial charge in [-0.25, -0.2) is 4.98 Å². The molecule has 0 fully saturated rings. The Kier molecular flexibility index (Phi) is 4.10. The van der Waals surface area contributed by atoms with Gasteiger partial charge in [0.2, 0.25) is 0 Å². The summed E-state index contributed by atoms with van der Waals surface area (Å²) in [7, 11) is 0. The van der Waals surface area contributed by atoms with E-state index in [1.54, 1.807) is 23.2 Å². The number of carboxylic acids is 1. The third kappa shape index (κ3) is 2.96. The largest absolute Gasteiger partial charge is 0.481 e. The highest BCUT2D eigenvalue weighted by atomic mass is 32.2. The summed E-state index contributed by atoms with van der Waals surface area (Å²) >= 11 is 1.11. The second kappa shape index (κ2) is 6.35. The second-order valence-electron chi connectivity index (χ2n) is 4.25. The van der Waals surface area contributed by atoms with Gasteiger partial charge >= 0.3 is 5.97 Å². The lowest BCUT2D eigenvalue weighted by Gasteiger charge is -2.08. The number of carboxylic acid groups (broad SMARTS) is 1. The molecule has 2 heterocycles. The van der Waals surface area contributed by atoms with Crippen LogP contribution in [0.15, 0.2) is 54.1 Å². The molecular weight excluding hydrogens is 302 g/mol. The maximum atomic E-state index is 10.8. The second-order valence-corrected chi connectivity index (χ2v) is 5.19. The SMILES string of the molecule is O=C(O)CSc1nnc(-c2cnccn2)n1-c1ccccc1. The molecule has 1 N–H and O–H groups in total. The van der Waals surface area contributed by atoms with Gasteiger partial charge in [-0.2, -0.15) is 0 Å². The van der Waals surface area contributed by atoms with Crippen molar-refractivity contribution in [2.24, 2.45) is 0 Å². The number of hydrogen-bond donors (Lipinski definition) is 1. The van der Waals surface area contributed by atoms with Crippen LogP contribution in [-0.4, -0.2) is 41.6 Å². The van der Waals surface area contributed by atoms with Gasteiger partial charge in [-0.15, -0.1) is 10.2 Å². The van der Waals surface area contributed by atoms with Crippen LogP contribution in [0.25, 0.3) is 17.2 Å². The number of para-hydroxylation sites is 1. The van der Waals surface area contributed by atoms with Crippen LogP contribution < -0.4 is 0 Å². The summed E-state index contributed by atoms with van der Waals surface area (Å²) in [5.41, 5.74) is 1.40. The van der Waals surface area contributed by atoms with Crippen LogP contribution in [-0.2, 0) is 4.79 Å². The molecule has 0 spiro atoms. The lowest BCUT2D eigenvalue weighted by atomic mass is 10.3. The van der Waals surface area contributed by atoms with Crippen molar-refractivity contribution >= 4 is 17.7 Å². The molecule has 0 aliphatic carbocycles. The molecule has 110 valence electrons. The van der Waals surface area contributed by atoms with Gasteiger partial charge in [0.15, 0.2) is 11.0 Å². The predicted molar refractivity (Wildman–Crippen MR) is 80.7 cm³/mol. The molecular formula is C14H11N5O2S. The number of aromatic nitrogens is 5. The lowest BCUT2D eigenvalue weighted by molar-refractivity contribution is -0.133. The van der Waals surface area contributed by atoms with Crippen LogP contribution in [0.3, 0.4) is 0 Å². The summed E-state index contributed by atoms with van der Waals surface area (Å²) in [5, 5.41) is 17.6. The molecule has 8 heteroatoms. The first kappa shape index (κ1) is 14.2. The van der Waals surface area contributed by atoms with E-state index in [0.29, 0.717) is 16.7 Å². The number of rotatable bonds is 5. The minimum Gasteiger partial charge on any atom is -0.481 e. The van der Waals surface area contributed by atoms with Gasteiger partial charge in [0.25, 0.3) is 0 Å². The first-order valence-corrected chi connectivity index (χ1v) is 7.36. The zero-order valence-electron chi connectivity index (χ0n) is 11.3. The van der Waals surface area contributed by atoms with E-state index in [2.05, 4.69) is 20.2 Å². The van der Waals surface area contributed by atoms with E-state index < -0.39 is 5.97 Å². The van der Waals surface area contributed by atoms with E-state index in [9.17, 15) is 4.79 Å². The molecule has 0 unspecified atom stereocenters. The molecule has 0 bridgehead atoms. The van der Waals surface area contributed by atoms with E-state index in [0.717, 1.165) is 17.4 Å². The van der Waals surface area contributed by atoms with Crippen LogP contribution >= 0.6 is 11.8 Å². The van der Waals surface area contributed by atoms with Crippen molar-refractivity contribution < 1.29 is 9.90 Å². The number of thioether (sulfide) groups is 1. The molecule has 7 nitrogen and oxygen atoms in total. The molecule has 3 aromatic rings.